The fourth-order valence-electron chi connectivity index (χ4n) is 5.41. The van der Waals surface area contributed by atoms with Gasteiger partial charge in [0.15, 0.2) is 0 Å². The van der Waals surface area contributed by atoms with Gasteiger partial charge in [-0.25, -0.2) is 0 Å². The molecule has 0 bridgehead atoms. The molecule has 5 nitrogen and oxygen atoms in total. The summed E-state index contributed by atoms with van der Waals surface area (Å²) in [5, 5.41) is 20.9. The molecule has 5 heteroatoms. The number of aryl methyl sites for hydroxylation is 1. The molecule has 0 aromatic heterocycles. The standard InChI is InChI=1S/C37H57NO4/c1-3-5-6-7-8-9-10-11-12-13-14-15-16-17-18-19-20-21-22-31-23-26-33(27-24-31)42-37(41,29-4-2)36(40)32-25-28-34(38)35(39)30-32/h4,23-30,39,41H,3,5-22,38H2,1-2H3. The largest absolute Gasteiger partial charge is 0.506 e. The number of allylic oxidation sites excluding steroid dienone is 1. The Morgan fingerprint density at radius 2 is 1.24 bits per heavy atom. The normalized spacial score (nSPS) is 12.9. The van der Waals surface area contributed by atoms with Gasteiger partial charge in [-0.3, -0.25) is 4.79 Å². The monoisotopic (exact) mass is 579 g/mol. The number of nitrogens with two attached hydrogens (primary N) is 1. The maximum Gasteiger partial charge on any atom is 0.292 e. The van der Waals surface area contributed by atoms with Crippen molar-refractivity contribution < 1.29 is 19.7 Å². The maximum atomic E-state index is 13.0. The smallest absolute Gasteiger partial charge is 0.292 e. The van der Waals surface area contributed by atoms with Gasteiger partial charge in [0.1, 0.15) is 11.5 Å². The number of nitrogen functional groups attached to an aromatic ring is 1. The van der Waals surface area contributed by atoms with Crippen LogP contribution in [0.25, 0.3) is 0 Å². The highest BCUT2D eigenvalue weighted by Gasteiger charge is 2.37. The highest BCUT2D eigenvalue weighted by Crippen LogP contribution is 2.27. The molecule has 2 aromatic carbocycles. The highest BCUT2D eigenvalue weighted by molar-refractivity contribution is 6.03. The predicted molar refractivity (Wildman–Crippen MR) is 176 cm³/mol. The molecule has 0 heterocycles. The zero-order chi connectivity index (χ0) is 30.5. The summed E-state index contributed by atoms with van der Waals surface area (Å²) in [4.78, 5) is 13.0. The van der Waals surface area contributed by atoms with E-state index in [0.29, 0.717) is 5.75 Å². The van der Waals surface area contributed by atoms with Crippen LogP contribution in [0.3, 0.4) is 0 Å². The summed E-state index contributed by atoms with van der Waals surface area (Å²) in [6, 6.07) is 11.7. The van der Waals surface area contributed by atoms with E-state index in [2.05, 4.69) is 6.92 Å². The summed E-state index contributed by atoms with van der Waals surface area (Å²) >= 11 is 0. The fraction of sp³-hybridized carbons (Fsp3) is 0.595. The van der Waals surface area contributed by atoms with E-state index >= 15 is 0 Å². The van der Waals surface area contributed by atoms with Crippen LogP contribution in [0.4, 0.5) is 5.69 Å². The summed E-state index contributed by atoms with van der Waals surface area (Å²) in [7, 11) is 0. The quantitative estimate of drug-likeness (QED) is 0.0287. The molecular weight excluding hydrogens is 522 g/mol. The number of aromatic hydroxyl groups is 1. The number of rotatable bonds is 24. The van der Waals surface area contributed by atoms with Crippen molar-refractivity contribution in [2.45, 2.75) is 142 Å². The second-order valence-electron chi connectivity index (χ2n) is 11.8. The highest BCUT2D eigenvalue weighted by atomic mass is 16.6. The lowest BCUT2D eigenvalue weighted by Crippen LogP contribution is -2.42. The first-order valence-corrected chi connectivity index (χ1v) is 16.7. The van der Waals surface area contributed by atoms with E-state index in [4.69, 9.17) is 10.5 Å². The van der Waals surface area contributed by atoms with Crippen molar-refractivity contribution in [1.82, 2.24) is 0 Å². The van der Waals surface area contributed by atoms with Crippen LogP contribution in [0.1, 0.15) is 145 Å². The molecule has 234 valence electrons. The van der Waals surface area contributed by atoms with Crippen molar-refractivity contribution in [3.8, 4) is 11.5 Å². The third kappa shape index (κ3) is 13.9. The van der Waals surface area contributed by atoms with Crippen molar-refractivity contribution in [1.29, 1.82) is 0 Å². The summed E-state index contributed by atoms with van der Waals surface area (Å²) in [6.45, 7) is 3.98. The first-order chi connectivity index (χ1) is 20.4. The second kappa shape index (κ2) is 21.0. The van der Waals surface area contributed by atoms with Crippen LogP contribution in [0.15, 0.2) is 54.6 Å². The van der Waals surface area contributed by atoms with E-state index in [0.717, 1.165) is 12.8 Å². The Morgan fingerprint density at radius 3 is 1.69 bits per heavy atom. The number of phenols is 1. The predicted octanol–water partition coefficient (Wildman–Crippen LogP) is 10.1. The van der Waals surface area contributed by atoms with Crippen LogP contribution in [0.2, 0.25) is 0 Å². The van der Waals surface area contributed by atoms with Crippen LogP contribution in [0.5, 0.6) is 11.5 Å². The molecule has 1 atom stereocenters. The Labute approximate surface area is 255 Å². The van der Waals surface area contributed by atoms with Gasteiger partial charge in [0.2, 0.25) is 5.78 Å². The number of carbonyl (C=O) groups excluding carboxylic acids is 1. The zero-order valence-corrected chi connectivity index (χ0v) is 26.4. The number of aliphatic hydroxyl groups is 1. The number of unbranched alkanes of at least 4 members (excludes halogenated alkanes) is 17. The Bertz CT molecular complexity index is 1030. The number of carbonyl (C=O) groups is 1. The average molecular weight is 580 g/mol. The fourth-order valence-corrected chi connectivity index (χ4v) is 5.41. The lowest BCUT2D eigenvalue weighted by atomic mass is 10.0. The van der Waals surface area contributed by atoms with Crippen LogP contribution in [0, 0.1) is 0 Å². The number of hydrogen-bond acceptors (Lipinski definition) is 5. The molecule has 1 unspecified atom stereocenters. The van der Waals surface area contributed by atoms with Gasteiger partial charge in [-0.2, -0.15) is 0 Å². The minimum Gasteiger partial charge on any atom is -0.506 e. The maximum absolute atomic E-state index is 13.0. The molecule has 0 saturated heterocycles. The molecule has 4 N–H and O–H groups in total. The van der Waals surface area contributed by atoms with Gasteiger partial charge in [-0.15, -0.1) is 0 Å². The van der Waals surface area contributed by atoms with Gasteiger partial charge < -0.3 is 20.7 Å². The number of anilines is 1. The van der Waals surface area contributed by atoms with Crippen molar-refractivity contribution in [2.75, 3.05) is 5.73 Å². The van der Waals surface area contributed by atoms with Crippen molar-refractivity contribution in [2.24, 2.45) is 0 Å². The summed E-state index contributed by atoms with van der Waals surface area (Å²) < 4.78 is 5.73. The van der Waals surface area contributed by atoms with E-state index < -0.39 is 11.6 Å². The van der Waals surface area contributed by atoms with Crippen LogP contribution >= 0.6 is 0 Å². The van der Waals surface area contributed by atoms with Gasteiger partial charge in [0.05, 0.1) is 5.69 Å². The zero-order valence-electron chi connectivity index (χ0n) is 26.4. The molecule has 0 amide bonds. The summed E-state index contributed by atoms with van der Waals surface area (Å²) in [5.74, 6) is -2.69. The minimum absolute atomic E-state index is 0.105. The minimum atomic E-state index is -2.19. The first kappa shape index (κ1) is 35.4. The molecule has 2 aromatic rings. The Balaban J connectivity index is 1.56. The van der Waals surface area contributed by atoms with E-state index in [1.165, 1.54) is 139 Å². The van der Waals surface area contributed by atoms with Gasteiger partial charge in [0, 0.05) is 5.56 Å². The lowest BCUT2D eigenvalue weighted by molar-refractivity contribution is -0.0629. The Hall–Kier alpha value is -2.79. The third-order valence-corrected chi connectivity index (χ3v) is 8.03. The molecular formula is C37H57NO4. The number of benzene rings is 2. The van der Waals surface area contributed by atoms with E-state index in [1.807, 2.05) is 12.1 Å². The van der Waals surface area contributed by atoms with Crippen molar-refractivity contribution >= 4 is 11.5 Å². The van der Waals surface area contributed by atoms with E-state index in [1.54, 1.807) is 25.1 Å². The number of hydrogen-bond donors (Lipinski definition) is 3. The summed E-state index contributed by atoms with van der Waals surface area (Å²) in [6.07, 6.45) is 28.6. The van der Waals surface area contributed by atoms with Crippen molar-refractivity contribution in [3.63, 3.8) is 0 Å². The molecule has 0 saturated carbocycles. The average Bonchev–Trinajstić information content (AvgIpc) is 2.98. The number of phenolic OH excluding ortho intramolecular Hbond substituents is 1. The summed E-state index contributed by atoms with van der Waals surface area (Å²) in [5.41, 5.74) is 7.11. The molecule has 0 aliphatic carbocycles. The van der Waals surface area contributed by atoms with Gasteiger partial charge >= 0.3 is 0 Å². The number of ketones is 1. The third-order valence-electron chi connectivity index (χ3n) is 8.03. The number of Topliss-reactive ketones (excluding diaryl/α,β-unsaturated/α-hetero) is 1. The SMILES string of the molecule is CC=CC(O)(Oc1ccc(CCCCCCCCCCCCCCCCCCCC)cc1)C(=O)c1ccc(N)c(O)c1. The molecule has 0 aliphatic heterocycles. The molecule has 0 radical (unpaired) electrons. The molecule has 42 heavy (non-hydrogen) atoms. The van der Waals surface area contributed by atoms with Crippen LogP contribution in [-0.2, 0) is 6.42 Å². The van der Waals surface area contributed by atoms with Gasteiger partial charge in [-0.1, -0.05) is 134 Å². The first-order valence-electron chi connectivity index (χ1n) is 16.7. The molecule has 0 spiro atoms. The molecule has 0 fully saturated rings. The molecule has 0 aliphatic rings. The Kier molecular flexibility index (Phi) is 17.7. The Morgan fingerprint density at radius 1 is 0.762 bits per heavy atom. The van der Waals surface area contributed by atoms with E-state index in [9.17, 15) is 15.0 Å². The van der Waals surface area contributed by atoms with Crippen molar-refractivity contribution in [3.05, 3.63) is 65.7 Å². The number of ether oxygens (including phenoxy) is 1. The van der Waals surface area contributed by atoms with E-state index in [-0.39, 0.29) is 17.0 Å². The van der Waals surface area contributed by atoms with Gasteiger partial charge in [-0.05, 0) is 61.7 Å². The lowest BCUT2D eigenvalue weighted by Gasteiger charge is -2.24. The topological polar surface area (TPSA) is 92.8 Å². The van der Waals surface area contributed by atoms with Gasteiger partial charge in [0.25, 0.3) is 5.79 Å². The molecule has 2 rings (SSSR count). The second-order valence-corrected chi connectivity index (χ2v) is 11.8. The van der Waals surface area contributed by atoms with Crippen LogP contribution < -0.4 is 10.5 Å². The van der Waals surface area contributed by atoms with Crippen LogP contribution in [-0.4, -0.2) is 21.8 Å².